The predicted octanol–water partition coefficient (Wildman–Crippen LogP) is 2.52. The Morgan fingerprint density at radius 2 is 1.61 bits per heavy atom. The highest BCUT2D eigenvalue weighted by atomic mass is 16.5. The summed E-state index contributed by atoms with van der Waals surface area (Å²) < 4.78 is 10.8. The fourth-order valence-electron chi connectivity index (χ4n) is 2.34. The number of hydrazine groups is 1. The van der Waals surface area contributed by atoms with Gasteiger partial charge in [-0.25, -0.2) is 0 Å². The first-order valence-corrected chi connectivity index (χ1v) is 8.73. The molecule has 0 saturated carbocycles. The van der Waals surface area contributed by atoms with Crippen molar-refractivity contribution < 1.29 is 23.9 Å². The number of ether oxygens (including phenoxy) is 2. The molecule has 2 aromatic rings. The Morgan fingerprint density at radius 1 is 0.929 bits per heavy atom. The molecule has 8 nitrogen and oxygen atoms in total. The van der Waals surface area contributed by atoms with Gasteiger partial charge >= 0.3 is 0 Å². The molecule has 28 heavy (non-hydrogen) atoms. The Labute approximate surface area is 163 Å². The van der Waals surface area contributed by atoms with Gasteiger partial charge in [0.05, 0.1) is 13.7 Å². The highest BCUT2D eigenvalue weighted by Crippen LogP contribution is 2.28. The molecule has 148 valence electrons. The minimum atomic E-state index is -0.518. The molecule has 0 aliphatic rings. The number of amides is 3. The van der Waals surface area contributed by atoms with Crippen LogP contribution in [0.15, 0.2) is 42.5 Å². The molecule has 0 aromatic heterocycles. The number of hydrogen-bond donors (Lipinski definition) is 3. The third-order valence-electron chi connectivity index (χ3n) is 3.62. The number of methoxy groups -OCH3 is 1. The van der Waals surface area contributed by atoms with Crippen LogP contribution in [-0.2, 0) is 4.79 Å². The number of carbonyl (C=O) groups excluding carboxylic acids is 3. The highest BCUT2D eigenvalue weighted by molar-refractivity contribution is 6.00. The van der Waals surface area contributed by atoms with Gasteiger partial charge in [0, 0.05) is 23.7 Å². The van der Waals surface area contributed by atoms with Crippen LogP contribution >= 0.6 is 0 Å². The summed E-state index contributed by atoms with van der Waals surface area (Å²) in [5.74, 6) is -0.302. The van der Waals surface area contributed by atoms with Crippen LogP contribution < -0.4 is 25.6 Å². The van der Waals surface area contributed by atoms with Gasteiger partial charge in [0.15, 0.2) is 11.5 Å². The fourth-order valence-corrected chi connectivity index (χ4v) is 2.34. The van der Waals surface area contributed by atoms with E-state index in [2.05, 4.69) is 16.2 Å². The molecule has 8 heteroatoms. The van der Waals surface area contributed by atoms with Gasteiger partial charge in [-0.2, -0.15) is 0 Å². The number of anilines is 1. The lowest BCUT2D eigenvalue weighted by Crippen LogP contribution is -2.41. The van der Waals surface area contributed by atoms with Gasteiger partial charge in [0.2, 0.25) is 5.91 Å². The molecule has 2 rings (SSSR count). The van der Waals surface area contributed by atoms with Crippen molar-refractivity contribution in [1.29, 1.82) is 0 Å². The topological polar surface area (TPSA) is 106 Å². The Hall–Kier alpha value is -3.55. The second kappa shape index (κ2) is 9.96. The summed E-state index contributed by atoms with van der Waals surface area (Å²) in [6.07, 6.45) is 0.848. The van der Waals surface area contributed by atoms with Crippen LogP contribution in [0.5, 0.6) is 11.5 Å². The molecule has 0 spiro atoms. The monoisotopic (exact) mass is 385 g/mol. The van der Waals surface area contributed by atoms with Crippen LogP contribution in [-0.4, -0.2) is 31.4 Å². The molecule has 0 radical (unpaired) electrons. The smallest absolute Gasteiger partial charge is 0.269 e. The van der Waals surface area contributed by atoms with E-state index in [9.17, 15) is 14.4 Å². The lowest BCUT2D eigenvalue weighted by molar-refractivity contribution is -0.114. The Kier molecular flexibility index (Phi) is 7.38. The molecule has 2 aromatic carbocycles. The third-order valence-corrected chi connectivity index (χ3v) is 3.62. The summed E-state index contributed by atoms with van der Waals surface area (Å²) in [4.78, 5) is 35.7. The zero-order valence-electron chi connectivity index (χ0n) is 16.0. The minimum Gasteiger partial charge on any atom is -0.493 e. The first kappa shape index (κ1) is 20.8. The standard InChI is InChI=1S/C20H23N3O5/c1-4-10-28-17-9-8-15(12-18(17)27-3)20(26)23-22-19(25)14-6-5-7-16(11-14)21-13(2)24/h5-9,11-12H,4,10H2,1-3H3,(H,21,24)(H,22,25)(H,23,26). The summed E-state index contributed by atoms with van der Waals surface area (Å²) >= 11 is 0. The van der Waals surface area contributed by atoms with Gasteiger partial charge in [0.25, 0.3) is 11.8 Å². The molecule has 3 amide bonds. The van der Waals surface area contributed by atoms with Gasteiger partial charge in [-0.05, 0) is 42.8 Å². The molecule has 0 fully saturated rings. The van der Waals surface area contributed by atoms with Crippen LogP contribution in [0.4, 0.5) is 5.69 Å². The number of hydrogen-bond acceptors (Lipinski definition) is 5. The first-order chi connectivity index (χ1) is 13.4. The van der Waals surface area contributed by atoms with Gasteiger partial charge in [-0.3, -0.25) is 25.2 Å². The Morgan fingerprint density at radius 3 is 2.21 bits per heavy atom. The van der Waals surface area contributed by atoms with Crippen molar-refractivity contribution in [3.05, 3.63) is 53.6 Å². The molecule has 0 bridgehead atoms. The van der Waals surface area contributed by atoms with Crippen LogP contribution in [0.3, 0.4) is 0 Å². The number of benzene rings is 2. The highest BCUT2D eigenvalue weighted by Gasteiger charge is 2.13. The molecular weight excluding hydrogens is 362 g/mol. The van der Waals surface area contributed by atoms with Gasteiger partial charge in [-0.15, -0.1) is 0 Å². The van der Waals surface area contributed by atoms with E-state index >= 15 is 0 Å². The van der Waals surface area contributed by atoms with Crippen molar-refractivity contribution >= 4 is 23.4 Å². The van der Waals surface area contributed by atoms with Crippen molar-refractivity contribution in [3.8, 4) is 11.5 Å². The second-order valence-corrected chi connectivity index (χ2v) is 5.88. The number of carbonyl (C=O) groups is 3. The van der Waals surface area contributed by atoms with E-state index in [1.165, 1.54) is 26.2 Å². The average molecular weight is 385 g/mol. The molecule has 0 unspecified atom stereocenters. The van der Waals surface area contributed by atoms with E-state index in [1.54, 1.807) is 30.3 Å². The summed E-state index contributed by atoms with van der Waals surface area (Å²) in [7, 11) is 1.49. The van der Waals surface area contributed by atoms with E-state index in [0.717, 1.165) is 6.42 Å². The second-order valence-electron chi connectivity index (χ2n) is 5.88. The van der Waals surface area contributed by atoms with Crippen molar-refractivity contribution in [2.24, 2.45) is 0 Å². The molecule has 0 saturated heterocycles. The SMILES string of the molecule is CCCOc1ccc(C(=O)NNC(=O)c2cccc(NC(C)=O)c2)cc1OC. The van der Waals surface area contributed by atoms with Gasteiger partial charge < -0.3 is 14.8 Å². The Balaban J connectivity index is 2.01. The molecule has 3 N–H and O–H groups in total. The normalized spacial score (nSPS) is 9.96. The van der Waals surface area contributed by atoms with Crippen molar-refractivity contribution in [1.82, 2.24) is 10.9 Å². The predicted molar refractivity (Wildman–Crippen MR) is 104 cm³/mol. The van der Waals surface area contributed by atoms with Crippen LogP contribution in [0.2, 0.25) is 0 Å². The van der Waals surface area contributed by atoms with Gasteiger partial charge in [0.1, 0.15) is 0 Å². The van der Waals surface area contributed by atoms with Crippen LogP contribution in [0.1, 0.15) is 41.0 Å². The van der Waals surface area contributed by atoms with E-state index in [4.69, 9.17) is 9.47 Å². The lowest BCUT2D eigenvalue weighted by atomic mass is 10.2. The molecule has 0 heterocycles. The first-order valence-electron chi connectivity index (χ1n) is 8.73. The molecule has 0 aliphatic heterocycles. The maximum atomic E-state index is 12.3. The maximum absolute atomic E-state index is 12.3. The lowest BCUT2D eigenvalue weighted by Gasteiger charge is -2.12. The van der Waals surface area contributed by atoms with E-state index in [1.807, 2.05) is 6.92 Å². The summed E-state index contributed by atoms with van der Waals surface area (Å²) in [5, 5.41) is 2.59. The molecule has 0 atom stereocenters. The summed E-state index contributed by atoms with van der Waals surface area (Å²) in [6, 6.07) is 11.1. The van der Waals surface area contributed by atoms with Crippen LogP contribution in [0.25, 0.3) is 0 Å². The molecule has 0 aliphatic carbocycles. The fraction of sp³-hybridized carbons (Fsp3) is 0.250. The average Bonchev–Trinajstić information content (AvgIpc) is 2.69. The third kappa shape index (κ3) is 5.73. The van der Waals surface area contributed by atoms with Crippen molar-refractivity contribution in [2.45, 2.75) is 20.3 Å². The quantitative estimate of drug-likeness (QED) is 0.635. The number of nitrogens with one attached hydrogen (secondary N) is 3. The van der Waals surface area contributed by atoms with Crippen LogP contribution in [0, 0.1) is 0 Å². The zero-order valence-corrected chi connectivity index (χ0v) is 16.0. The van der Waals surface area contributed by atoms with Gasteiger partial charge in [-0.1, -0.05) is 13.0 Å². The minimum absolute atomic E-state index is 0.244. The number of rotatable bonds is 7. The van der Waals surface area contributed by atoms with Crippen molar-refractivity contribution in [3.63, 3.8) is 0 Å². The summed E-state index contributed by atoms with van der Waals surface area (Å²) in [5.41, 5.74) is 5.76. The van der Waals surface area contributed by atoms with Crippen molar-refractivity contribution in [2.75, 3.05) is 19.0 Å². The van der Waals surface area contributed by atoms with E-state index < -0.39 is 11.8 Å². The maximum Gasteiger partial charge on any atom is 0.269 e. The zero-order chi connectivity index (χ0) is 20.5. The van der Waals surface area contributed by atoms with E-state index in [0.29, 0.717) is 29.4 Å². The summed E-state index contributed by atoms with van der Waals surface area (Å²) in [6.45, 7) is 3.90. The Bertz CT molecular complexity index is 867. The largest absolute Gasteiger partial charge is 0.493 e. The van der Waals surface area contributed by atoms with E-state index in [-0.39, 0.29) is 11.5 Å². The molecular formula is C20H23N3O5.